The maximum Gasteiger partial charge on any atom is 0.460 e. The van der Waals surface area contributed by atoms with Crippen LogP contribution in [0.4, 0.5) is 39.5 Å². The zero-order chi connectivity index (χ0) is 35.0. The Balaban J connectivity index is 1.31. The number of halogens is 9. The fraction of sp³-hybridized carbons (Fsp3) is 0.114. The van der Waals surface area contributed by atoms with E-state index in [0.717, 1.165) is 17.2 Å². The summed E-state index contributed by atoms with van der Waals surface area (Å²) in [6.07, 6.45) is -6.93. The van der Waals surface area contributed by atoms with Crippen LogP contribution in [-0.4, -0.2) is 38.2 Å². The topological polar surface area (TPSA) is 47.9 Å². The number of rotatable bonds is 9. The van der Waals surface area contributed by atoms with E-state index in [-0.39, 0.29) is 5.39 Å². The molecule has 49 heavy (non-hydrogen) atoms. The van der Waals surface area contributed by atoms with Gasteiger partial charge in [0.25, 0.3) is 0 Å². The van der Waals surface area contributed by atoms with Crippen LogP contribution in [0.25, 0.3) is 56.1 Å². The average Bonchev–Trinajstić information content (AvgIpc) is 3.10. The minimum Gasteiger partial charge on any atom is -0.419 e. The van der Waals surface area contributed by atoms with Gasteiger partial charge in [0, 0.05) is 22.1 Å². The molecule has 1 aromatic heterocycles. The van der Waals surface area contributed by atoms with E-state index in [1.807, 2.05) is 60.7 Å². The van der Waals surface area contributed by atoms with E-state index in [9.17, 15) is 39.5 Å². The van der Waals surface area contributed by atoms with E-state index >= 15 is 0 Å². The number of benzene rings is 5. The molecule has 0 atom stereocenters. The van der Waals surface area contributed by atoms with Gasteiger partial charge in [-0.2, -0.15) is 39.5 Å². The van der Waals surface area contributed by atoms with Crippen LogP contribution in [0.5, 0.6) is 5.75 Å². The average molecular weight is 702 g/mol. The van der Waals surface area contributed by atoms with Crippen molar-refractivity contribution < 1.29 is 43.7 Å². The highest BCUT2D eigenvalue weighted by Gasteiger charge is 2.82. The Bertz CT molecular complexity index is 2040. The SMILES string of the molecule is FC(F)(F)C(F)(F)C(F)(F)C(F)(F)SOc1ccc(-c2ccc(-c3nc(-c4ccccc4)nc(-c4ccccc4)n3)cc2)c2ccccc12. The smallest absolute Gasteiger partial charge is 0.419 e. The largest absolute Gasteiger partial charge is 0.460 e. The molecule has 0 fully saturated rings. The number of fused-ring (bicyclic) bond motifs is 1. The molecule has 250 valence electrons. The molecule has 0 amide bonds. The van der Waals surface area contributed by atoms with E-state index < -0.39 is 41.1 Å². The minimum atomic E-state index is -7.02. The second kappa shape index (κ2) is 12.7. The van der Waals surface area contributed by atoms with Crippen LogP contribution in [0.3, 0.4) is 0 Å². The van der Waals surface area contributed by atoms with E-state index in [1.54, 1.807) is 36.4 Å². The summed E-state index contributed by atoms with van der Waals surface area (Å²) in [5, 5.41) is -5.46. The Kier molecular flexibility index (Phi) is 8.78. The summed E-state index contributed by atoms with van der Waals surface area (Å²) in [4.78, 5) is 14.0. The van der Waals surface area contributed by atoms with Crippen LogP contribution in [0.2, 0.25) is 0 Å². The standard InChI is InChI=1S/C35H20F9N3OS/c36-32(37,34(40,41)42)33(38,39)35(43,44)49-48-28-20-19-25(26-13-7-8-14-27(26)28)21-15-17-24(18-16-21)31-46-29(22-9-3-1-4-10-22)45-30(47-31)23-11-5-2-6-12-23/h1-20H. The van der Waals surface area contributed by atoms with Crippen molar-refractivity contribution in [2.75, 3.05) is 0 Å². The predicted octanol–water partition coefficient (Wildman–Crippen LogP) is 11.1. The Labute approximate surface area is 276 Å². The van der Waals surface area contributed by atoms with Gasteiger partial charge in [-0.05, 0) is 28.6 Å². The van der Waals surface area contributed by atoms with Crippen molar-refractivity contribution in [3.8, 4) is 51.0 Å². The fourth-order valence-electron chi connectivity index (χ4n) is 4.84. The summed E-state index contributed by atoms with van der Waals surface area (Å²) in [5.41, 5.74) is 3.37. The zero-order valence-electron chi connectivity index (χ0n) is 24.6. The molecule has 14 heteroatoms. The van der Waals surface area contributed by atoms with Gasteiger partial charge in [0.15, 0.2) is 17.5 Å². The summed E-state index contributed by atoms with van der Waals surface area (Å²) in [6, 6.07) is 34.3. The molecule has 0 bridgehead atoms. The van der Waals surface area contributed by atoms with Crippen molar-refractivity contribution in [3.63, 3.8) is 0 Å². The van der Waals surface area contributed by atoms with Crippen LogP contribution in [0.1, 0.15) is 0 Å². The third kappa shape index (κ3) is 6.40. The molecule has 1 heterocycles. The lowest BCUT2D eigenvalue weighted by atomic mass is 9.97. The molecule has 5 aromatic carbocycles. The van der Waals surface area contributed by atoms with Crippen molar-refractivity contribution >= 4 is 22.8 Å². The lowest BCUT2D eigenvalue weighted by Gasteiger charge is -2.32. The first kappa shape index (κ1) is 33.8. The lowest BCUT2D eigenvalue weighted by molar-refractivity contribution is -0.381. The molecule has 0 saturated carbocycles. The number of nitrogens with zero attached hydrogens (tertiary/aromatic N) is 3. The molecule has 0 N–H and O–H groups in total. The van der Waals surface area contributed by atoms with E-state index in [1.165, 1.54) is 18.2 Å². The number of hydrogen-bond donors (Lipinski definition) is 0. The van der Waals surface area contributed by atoms with Gasteiger partial charge >= 0.3 is 23.3 Å². The highest BCUT2D eigenvalue weighted by Crippen LogP contribution is 2.57. The molecule has 0 aliphatic carbocycles. The zero-order valence-corrected chi connectivity index (χ0v) is 25.4. The molecule has 0 radical (unpaired) electrons. The first-order valence-electron chi connectivity index (χ1n) is 14.2. The first-order chi connectivity index (χ1) is 23.2. The van der Waals surface area contributed by atoms with Crippen LogP contribution in [0.15, 0.2) is 121 Å². The normalized spacial score (nSPS) is 12.7. The summed E-state index contributed by atoms with van der Waals surface area (Å²) in [6.45, 7) is 0. The van der Waals surface area contributed by atoms with Gasteiger partial charge in [-0.3, -0.25) is 0 Å². The third-order valence-electron chi connectivity index (χ3n) is 7.39. The molecular weight excluding hydrogens is 681 g/mol. The van der Waals surface area contributed by atoms with Crippen LogP contribution >= 0.6 is 12.0 Å². The van der Waals surface area contributed by atoms with E-state index in [2.05, 4.69) is 15.0 Å². The molecule has 0 aliphatic rings. The molecular formula is C35H20F9N3OS. The van der Waals surface area contributed by atoms with Crippen molar-refractivity contribution in [1.29, 1.82) is 0 Å². The molecule has 0 spiro atoms. The number of aromatic nitrogens is 3. The van der Waals surface area contributed by atoms with Crippen molar-refractivity contribution in [2.24, 2.45) is 0 Å². The minimum absolute atomic E-state index is 0.107. The fourth-order valence-corrected chi connectivity index (χ4v) is 5.42. The van der Waals surface area contributed by atoms with Crippen molar-refractivity contribution in [2.45, 2.75) is 23.3 Å². The summed E-state index contributed by atoms with van der Waals surface area (Å²) in [5.74, 6) is -13.0. The van der Waals surface area contributed by atoms with Gasteiger partial charge in [0.1, 0.15) is 17.8 Å². The number of alkyl halides is 9. The monoisotopic (exact) mass is 701 g/mol. The second-order valence-corrected chi connectivity index (χ2v) is 11.4. The Morgan fingerprint density at radius 3 is 1.35 bits per heavy atom. The van der Waals surface area contributed by atoms with E-state index in [4.69, 9.17) is 4.18 Å². The van der Waals surface area contributed by atoms with Gasteiger partial charge in [-0.25, -0.2) is 15.0 Å². The van der Waals surface area contributed by atoms with Gasteiger partial charge < -0.3 is 4.18 Å². The van der Waals surface area contributed by atoms with Crippen molar-refractivity contribution in [3.05, 3.63) is 121 Å². The Morgan fingerprint density at radius 1 is 0.429 bits per heavy atom. The summed E-state index contributed by atoms with van der Waals surface area (Å²) >= 11 is -1.49. The maximum atomic E-state index is 14.2. The second-order valence-electron chi connectivity index (χ2n) is 10.6. The van der Waals surface area contributed by atoms with Gasteiger partial charge in [-0.1, -0.05) is 109 Å². The quantitative estimate of drug-likeness (QED) is 0.111. The van der Waals surface area contributed by atoms with Crippen LogP contribution in [0, 0.1) is 0 Å². The van der Waals surface area contributed by atoms with Gasteiger partial charge in [-0.15, -0.1) is 0 Å². The Morgan fingerprint density at radius 2 is 0.857 bits per heavy atom. The first-order valence-corrected chi connectivity index (χ1v) is 15.0. The summed E-state index contributed by atoms with van der Waals surface area (Å²) in [7, 11) is 0. The summed E-state index contributed by atoms with van der Waals surface area (Å²) < 4.78 is 125. The lowest BCUT2D eigenvalue weighted by Crippen LogP contribution is -2.59. The molecule has 4 nitrogen and oxygen atoms in total. The van der Waals surface area contributed by atoms with Crippen molar-refractivity contribution in [1.82, 2.24) is 15.0 Å². The van der Waals surface area contributed by atoms with Gasteiger partial charge in [0.2, 0.25) is 0 Å². The van der Waals surface area contributed by atoms with Crippen LogP contribution < -0.4 is 4.18 Å². The van der Waals surface area contributed by atoms with E-state index in [0.29, 0.717) is 39.5 Å². The Hall–Kier alpha value is -5.11. The van der Waals surface area contributed by atoms with Crippen LogP contribution in [-0.2, 0) is 0 Å². The molecule has 6 aromatic rings. The molecule has 6 rings (SSSR count). The number of hydrogen-bond acceptors (Lipinski definition) is 5. The highest BCUT2D eigenvalue weighted by molar-refractivity contribution is 7.96. The maximum absolute atomic E-state index is 14.2. The highest BCUT2D eigenvalue weighted by atomic mass is 32.2. The molecule has 0 saturated heterocycles. The van der Waals surface area contributed by atoms with Gasteiger partial charge in [0.05, 0.1) is 0 Å². The molecule has 0 unspecified atom stereocenters. The predicted molar refractivity (Wildman–Crippen MR) is 168 cm³/mol. The molecule has 0 aliphatic heterocycles. The third-order valence-corrected chi connectivity index (χ3v) is 8.12.